The van der Waals surface area contributed by atoms with Crippen LogP contribution in [0.1, 0.15) is 31.2 Å². The van der Waals surface area contributed by atoms with E-state index in [4.69, 9.17) is 24.5 Å². The number of likely N-dealkylation sites (tertiary alicyclic amines) is 1. The molecule has 1 atom stereocenters. The van der Waals surface area contributed by atoms with Crippen molar-refractivity contribution in [1.29, 1.82) is 0 Å². The van der Waals surface area contributed by atoms with E-state index in [0.717, 1.165) is 58.2 Å². The Bertz CT molecular complexity index is 910. The van der Waals surface area contributed by atoms with E-state index in [0.29, 0.717) is 0 Å². The molecular weight excluding hydrogens is 528 g/mol. The minimum Gasteiger partial charge on any atom is -0.475 e. The quantitative estimate of drug-likeness (QED) is 0.472. The summed E-state index contributed by atoms with van der Waals surface area (Å²) in [6.07, 6.45) is -1.89. The molecule has 0 radical (unpaired) electrons. The fourth-order valence-electron chi connectivity index (χ4n) is 4.28. The van der Waals surface area contributed by atoms with Crippen LogP contribution in [-0.2, 0) is 25.7 Å². The van der Waals surface area contributed by atoms with Crippen LogP contribution in [0.2, 0.25) is 0 Å². The molecule has 15 heteroatoms. The summed E-state index contributed by atoms with van der Waals surface area (Å²) in [5, 5.41) is 17.5. The zero-order valence-electron chi connectivity index (χ0n) is 20.2. The Morgan fingerprint density at radius 3 is 2.05 bits per heavy atom. The van der Waals surface area contributed by atoms with Gasteiger partial charge in [0.25, 0.3) is 0 Å². The lowest BCUT2D eigenvalue weighted by Gasteiger charge is -2.37. The van der Waals surface area contributed by atoms with E-state index in [1.165, 1.54) is 18.4 Å². The fourth-order valence-corrected chi connectivity index (χ4v) is 4.28. The topological polar surface area (TPSA) is 129 Å². The number of hydrogen-bond donors (Lipinski definition) is 3. The van der Waals surface area contributed by atoms with E-state index in [2.05, 4.69) is 21.3 Å². The second-order valence-corrected chi connectivity index (χ2v) is 9.35. The van der Waals surface area contributed by atoms with Crippen LogP contribution >= 0.6 is 0 Å². The highest BCUT2D eigenvalue weighted by Gasteiger charge is 2.50. The Labute approximate surface area is 214 Å². The first-order valence-electron chi connectivity index (χ1n) is 11.7. The van der Waals surface area contributed by atoms with E-state index in [-0.39, 0.29) is 17.2 Å². The van der Waals surface area contributed by atoms with Crippen molar-refractivity contribution in [3.8, 4) is 0 Å². The molecule has 0 aromatic carbocycles. The maximum absolute atomic E-state index is 12.9. The Morgan fingerprint density at radius 1 is 1.05 bits per heavy atom. The number of carboxylic acids is 2. The van der Waals surface area contributed by atoms with Gasteiger partial charge in [-0.15, -0.1) is 0 Å². The van der Waals surface area contributed by atoms with Crippen molar-refractivity contribution < 1.29 is 55.7 Å². The number of halogens is 6. The third kappa shape index (κ3) is 10.1. The summed E-state index contributed by atoms with van der Waals surface area (Å²) in [6.45, 7) is 5.16. The summed E-state index contributed by atoms with van der Waals surface area (Å²) in [7, 11) is 0. The van der Waals surface area contributed by atoms with Gasteiger partial charge in [0.15, 0.2) is 0 Å². The van der Waals surface area contributed by atoms with Crippen molar-refractivity contribution in [2.75, 3.05) is 32.8 Å². The van der Waals surface area contributed by atoms with Gasteiger partial charge in [0, 0.05) is 57.2 Å². The molecule has 2 saturated heterocycles. The van der Waals surface area contributed by atoms with Gasteiger partial charge in [-0.1, -0.05) is 6.07 Å². The molecule has 1 aromatic heterocycles. The highest BCUT2D eigenvalue weighted by molar-refractivity contribution is 5.80. The molecule has 3 N–H and O–H groups in total. The van der Waals surface area contributed by atoms with Gasteiger partial charge < -0.3 is 20.3 Å². The van der Waals surface area contributed by atoms with E-state index >= 15 is 0 Å². The zero-order valence-corrected chi connectivity index (χ0v) is 20.2. The summed E-state index contributed by atoms with van der Waals surface area (Å²) < 4.78 is 69.1. The molecule has 1 amide bonds. The first-order valence-corrected chi connectivity index (χ1v) is 11.7. The Balaban J connectivity index is 0.000000301. The highest BCUT2D eigenvalue weighted by Crippen LogP contribution is 2.45. The number of nitrogens with zero attached hydrogens (tertiary/aromatic N) is 2. The number of rotatable bonds is 5. The lowest BCUT2D eigenvalue weighted by molar-refractivity contribution is -0.193. The number of pyridine rings is 1. The number of carboxylic acid groups (broad SMARTS) is 2. The zero-order chi connectivity index (χ0) is 28.6. The first-order chi connectivity index (χ1) is 17.6. The summed E-state index contributed by atoms with van der Waals surface area (Å²) >= 11 is 0. The average molecular weight is 557 g/mol. The molecule has 4 rings (SSSR count). The molecule has 3 fully saturated rings. The van der Waals surface area contributed by atoms with Gasteiger partial charge in [0.05, 0.1) is 5.92 Å². The molecule has 1 aromatic rings. The van der Waals surface area contributed by atoms with E-state index < -0.39 is 24.3 Å². The van der Waals surface area contributed by atoms with Crippen LogP contribution in [0, 0.1) is 17.3 Å². The van der Waals surface area contributed by atoms with Crippen LogP contribution in [-0.4, -0.2) is 83.1 Å². The van der Waals surface area contributed by atoms with Crippen molar-refractivity contribution in [3.05, 3.63) is 30.1 Å². The lowest BCUT2D eigenvalue weighted by Crippen LogP contribution is -2.44. The third-order valence-corrected chi connectivity index (χ3v) is 6.40. The van der Waals surface area contributed by atoms with Gasteiger partial charge in [-0.05, 0) is 43.2 Å². The predicted molar refractivity (Wildman–Crippen MR) is 119 cm³/mol. The van der Waals surface area contributed by atoms with Gasteiger partial charge in [-0.2, -0.15) is 26.3 Å². The number of aliphatic carboxylic acids is 2. The lowest BCUT2D eigenvalue weighted by atomic mass is 9.71. The Kier molecular flexibility index (Phi) is 10.9. The van der Waals surface area contributed by atoms with Gasteiger partial charge in [-0.3, -0.25) is 14.7 Å². The van der Waals surface area contributed by atoms with Crippen molar-refractivity contribution in [3.63, 3.8) is 0 Å². The number of nitrogens with one attached hydrogen (secondary N) is 1. The Hall–Kier alpha value is -2.94. The molecule has 0 bridgehead atoms. The van der Waals surface area contributed by atoms with Gasteiger partial charge >= 0.3 is 24.3 Å². The molecule has 38 heavy (non-hydrogen) atoms. The van der Waals surface area contributed by atoms with Crippen LogP contribution in [0.25, 0.3) is 0 Å². The van der Waals surface area contributed by atoms with Crippen molar-refractivity contribution >= 4 is 17.8 Å². The second-order valence-electron chi connectivity index (χ2n) is 9.35. The number of alkyl halides is 6. The van der Waals surface area contributed by atoms with E-state index in [9.17, 15) is 31.1 Å². The normalized spacial score (nSPS) is 20.9. The smallest absolute Gasteiger partial charge is 0.475 e. The molecule has 1 aliphatic carbocycles. The number of amides is 1. The largest absolute Gasteiger partial charge is 0.490 e. The van der Waals surface area contributed by atoms with Crippen LogP contribution in [0.3, 0.4) is 0 Å². The van der Waals surface area contributed by atoms with Crippen molar-refractivity contribution in [1.82, 2.24) is 15.2 Å². The van der Waals surface area contributed by atoms with Gasteiger partial charge in [-0.25, -0.2) is 9.59 Å². The fraction of sp³-hybridized carbons (Fsp3) is 0.652. The molecule has 1 spiro atoms. The number of carbonyl (C=O) groups is 3. The molecule has 3 heterocycles. The summed E-state index contributed by atoms with van der Waals surface area (Å²) in [4.78, 5) is 37.3. The second kappa shape index (κ2) is 13.2. The summed E-state index contributed by atoms with van der Waals surface area (Å²) in [6, 6.07) is 4.10. The molecule has 1 unspecified atom stereocenters. The van der Waals surface area contributed by atoms with Crippen LogP contribution in [0.15, 0.2) is 24.5 Å². The molecular formula is C23H29F6N3O6. The number of aromatic nitrogens is 1. The van der Waals surface area contributed by atoms with Crippen molar-refractivity contribution in [2.45, 2.75) is 44.6 Å². The maximum atomic E-state index is 12.9. The number of hydrogen-bond acceptors (Lipinski definition) is 6. The Morgan fingerprint density at radius 2 is 1.61 bits per heavy atom. The van der Waals surface area contributed by atoms with Crippen molar-refractivity contribution in [2.24, 2.45) is 17.3 Å². The number of carbonyl (C=O) groups excluding carboxylic acids is 1. The standard InChI is InChI=1S/C19H27N3O2.2C2HF3O2/c23-18(21-11-15-3-4-15)17-13-22(12-16-2-1-7-20-10-16)14-19(17)5-8-24-9-6-19;2*3-2(4,5)1(6)7/h1-2,7,10,15,17H,3-6,8-9,11-14H2,(H,21,23);2*(H,6,7). The van der Waals surface area contributed by atoms with Crippen LogP contribution < -0.4 is 5.32 Å². The molecule has 9 nitrogen and oxygen atoms in total. The highest BCUT2D eigenvalue weighted by atomic mass is 19.4. The molecule has 1 saturated carbocycles. The molecule has 2 aliphatic heterocycles. The first kappa shape index (κ1) is 31.3. The molecule has 214 valence electrons. The monoisotopic (exact) mass is 557 g/mol. The average Bonchev–Trinajstić information content (AvgIpc) is 3.60. The van der Waals surface area contributed by atoms with Crippen LogP contribution in [0.4, 0.5) is 26.3 Å². The molecule has 3 aliphatic rings. The summed E-state index contributed by atoms with van der Waals surface area (Å²) in [5.41, 5.74) is 1.31. The van der Waals surface area contributed by atoms with Crippen LogP contribution in [0.5, 0.6) is 0 Å². The third-order valence-electron chi connectivity index (χ3n) is 6.40. The number of ether oxygens (including phenoxy) is 1. The predicted octanol–water partition coefficient (Wildman–Crippen LogP) is 3.10. The minimum absolute atomic E-state index is 0.0914. The van der Waals surface area contributed by atoms with E-state index in [1.807, 2.05) is 18.5 Å². The van der Waals surface area contributed by atoms with E-state index in [1.54, 1.807) is 0 Å². The van der Waals surface area contributed by atoms with Gasteiger partial charge in [0.1, 0.15) is 0 Å². The van der Waals surface area contributed by atoms with Gasteiger partial charge in [0.2, 0.25) is 5.91 Å². The maximum Gasteiger partial charge on any atom is 0.490 e. The summed E-state index contributed by atoms with van der Waals surface area (Å²) in [5.74, 6) is -4.43. The SMILES string of the molecule is O=C(NCC1CC1)C1CN(Cc2cccnc2)CC12CCOCC2.O=C(O)C(F)(F)F.O=C(O)C(F)(F)F. The minimum atomic E-state index is -5.08.